The summed E-state index contributed by atoms with van der Waals surface area (Å²) in [4.78, 5) is 8.62. The highest BCUT2D eigenvalue weighted by Gasteiger charge is 2.23. The lowest BCUT2D eigenvalue weighted by molar-refractivity contribution is 0.105. The molecule has 1 aromatic carbocycles. The van der Waals surface area contributed by atoms with Crippen molar-refractivity contribution in [2.45, 2.75) is 18.9 Å². The number of halogens is 1. The lowest BCUT2D eigenvalue weighted by atomic mass is 10.1. The largest absolute Gasteiger partial charge is 0.497 e. The summed E-state index contributed by atoms with van der Waals surface area (Å²) in [5.74, 6) is 1.11. The number of ether oxygens (including phenoxy) is 2. The topological polar surface area (TPSA) is 61.5 Å². The molecule has 1 saturated heterocycles. The first-order chi connectivity index (χ1) is 11.3. The maximum atomic E-state index is 14.4. The average Bonchev–Trinajstić information content (AvgIpc) is 3.23. The molecule has 1 aliphatic rings. The number of benzene rings is 1. The molecule has 0 amide bonds. The zero-order valence-corrected chi connectivity index (χ0v) is 12.6. The number of rotatable bonds is 3. The summed E-state index contributed by atoms with van der Waals surface area (Å²) < 4.78 is 26.6. The predicted octanol–water partition coefficient (Wildman–Crippen LogP) is 2.79. The molecule has 0 saturated carbocycles. The highest BCUT2D eigenvalue weighted by Crippen LogP contribution is 2.29. The van der Waals surface area contributed by atoms with Crippen molar-refractivity contribution >= 4 is 5.78 Å². The van der Waals surface area contributed by atoms with Gasteiger partial charge in [-0.25, -0.2) is 9.37 Å². The van der Waals surface area contributed by atoms with Crippen LogP contribution in [0.15, 0.2) is 30.5 Å². The Balaban J connectivity index is 1.83. The molecule has 0 N–H and O–H groups in total. The molecule has 0 aliphatic carbocycles. The van der Waals surface area contributed by atoms with Crippen LogP contribution in [-0.4, -0.2) is 33.3 Å². The van der Waals surface area contributed by atoms with E-state index in [9.17, 15) is 4.39 Å². The maximum Gasteiger partial charge on any atom is 0.253 e. The van der Waals surface area contributed by atoms with Gasteiger partial charge in [-0.2, -0.15) is 9.50 Å². The zero-order chi connectivity index (χ0) is 15.8. The molecule has 0 radical (unpaired) electrons. The molecule has 118 valence electrons. The third kappa shape index (κ3) is 2.43. The lowest BCUT2D eigenvalue weighted by Gasteiger charge is -2.07. The second-order valence-electron chi connectivity index (χ2n) is 5.36. The number of hydrogen-bond acceptors (Lipinski definition) is 5. The first-order valence-electron chi connectivity index (χ1n) is 7.43. The van der Waals surface area contributed by atoms with Crippen LogP contribution in [0, 0.1) is 5.82 Å². The van der Waals surface area contributed by atoms with Crippen molar-refractivity contribution in [3.63, 3.8) is 0 Å². The molecule has 0 unspecified atom stereocenters. The summed E-state index contributed by atoms with van der Waals surface area (Å²) in [6.45, 7) is 0.716. The molecule has 0 spiro atoms. The van der Waals surface area contributed by atoms with Crippen LogP contribution in [-0.2, 0) is 4.74 Å². The first kappa shape index (κ1) is 14.1. The smallest absolute Gasteiger partial charge is 0.253 e. The van der Waals surface area contributed by atoms with Gasteiger partial charge in [-0.15, -0.1) is 5.10 Å². The van der Waals surface area contributed by atoms with E-state index in [2.05, 4.69) is 15.1 Å². The van der Waals surface area contributed by atoms with Crippen molar-refractivity contribution in [1.29, 1.82) is 0 Å². The Kier molecular flexibility index (Phi) is 3.42. The first-order valence-corrected chi connectivity index (χ1v) is 7.43. The van der Waals surface area contributed by atoms with Crippen molar-refractivity contribution in [3.05, 3.63) is 42.1 Å². The van der Waals surface area contributed by atoms with Gasteiger partial charge in [0.25, 0.3) is 5.78 Å². The van der Waals surface area contributed by atoms with Crippen LogP contribution in [0.1, 0.15) is 24.8 Å². The predicted molar refractivity (Wildman–Crippen MR) is 80.7 cm³/mol. The highest BCUT2D eigenvalue weighted by atomic mass is 19.1. The average molecular weight is 314 g/mol. The fourth-order valence-electron chi connectivity index (χ4n) is 2.76. The van der Waals surface area contributed by atoms with Crippen molar-refractivity contribution in [2.24, 2.45) is 0 Å². The van der Waals surface area contributed by atoms with E-state index in [0.29, 0.717) is 35.2 Å². The van der Waals surface area contributed by atoms with Gasteiger partial charge in [0.15, 0.2) is 5.82 Å². The Labute approximate surface area is 131 Å². The van der Waals surface area contributed by atoms with E-state index in [-0.39, 0.29) is 11.9 Å². The summed E-state index contributed by atoms with van der Waals surface area (Å²) in [6.07, 6.45) is 3.38. The van der Waals surface area contributed by atoms with Crippen LogP contribution in [0.3, 0.4) is 0 Å². The summed E-state index contributed by atoms with van der Waals surface area (Å²) in [7, 11) is 1.50. The fraction of sp³-hybridized carbons (Fsp3) is 0.312. The van der Waals surface area contributed by atoms with Gasteiger partial charge in [0, 0.05) is 24.4 Å². The minimum atomic E-state index is -0.383. The van der Waals surface area contributed by atoms with Gasteiger partial charge in [0.05, 0.1) is 12.8 Å². The molecule has 23 heavy (non-hydrogen) atoms. The maximum absolute atomic E-state index is 14.4. The Morgan fingerprint density at radius 2 is 2.26 bits per heavy atom. The standard InChI is InChI=1S/C16H15FN4O2/c1-22-10-4-5-11(12(17)9-10)13-6-7-18-16-19-15(20-21(13)16)14-3-2-8-23-14/h4-7,9,14H,2-3,8H2,1H3/t14-/m0/s1. The normalized spacial score (nSPS) is 17.7. The molecule has 7 heteroatoms. The van der Waals surface area contributed by atoms with Crippen molar-refractivity contribution < 1.29 is 13.9 Å². The van der Waals surface area contributed by atoms with Crippen LogP contribution in [0.5, 0.6) is 5.75 Å². The van der Waals surface area contributed by atoms with E-state index >= 15 is 0 Å². The fourth-order valence-corrected chi connectivity index (χ4v) is 2.76. The molecule has 6 nitrogen and oxygen atoms in total. The molecular formula is C16H15FN4O2. The number of aromatic nitrogens is 4. The second-order valence-corrected chi connectivity index (χ2v) is 5.36. The monoisotopic (exact) mass is 314 g/mol. The molecule has 3 aromatic rings. The van der Waals surface area contributed by atoms with Crippen molar-refractivity contribution in [1.82, 2.24) is 19.6 Å². The van der Waals surface area contributed by atoms with Crippen LogP contribution in [0.4, 0.5) is 4.39 Å². The molecule has 1 atom stereocenters. The van der Waals surface area contributed by atoms with E-state index in [1.807, 2.05) is 0 Å². The second kappa shape index (κ2) is 5.58. The molecule has 3 heterocycles. The molecule has 4 rings (SSSR count). The van der Waals surface area contributed by atoms with E-state index in [4.69, 9.17) is 9.47 Å². The SMILES string of the molecule is COc1ccc(-c2ccnc3nc([C@@H]4CCCO4)nn23)c(F)c1. The Hall–Kier alpha value is -2.54. The van der Waals surface area contributed by atoms with Gasteiger partial charge in [0.2, 0.25) is 0 Å². The minimum absolute atomic E-state index is 0.106. The number of fused-ring (bicyclic) bond motifs is 1. The molecule has 1 fully saturated rings. The molecular weight excluding hydrogens is 299 g/mol. The van der Waals surface area contributed by atoms with Crippen LogP contribution in [0.2, 0.25) is 0 Å². The summed E-state index contributed by atoms with van der Waals surface area (Å²) in [6, 6.07) is 6.43. The van der Waals surface area contributed by atoms with Gasteiger partial charge < -0.3 is 9.47 Å². The van der Waals surface area contributed by atoms with Gasteiger partial charge >= 0.3 is 0 Å². The van der Waals surface area contributed by atoms with Crippen molar-refractivity contribution in [2.75, 3.05) is 13.7 Å². The summed E-state index contributed by atoms with van der Waals surface area (Å²) >= 11 is 0. The highest BCUT2D eigenvalue weighted by molar-refractivity contribution is 5.63. The van der Waals surface area contributed by atoms with Gasteiger partial charge in [-0.3, -0.25) is 0 Å². The summed E-state index contributed by atoms with van der Waals surface area (Å²) in [5.41, 5.74) is 1.01. The third-order valence-corrected chi connectivity index (χ3v) is 3.93. The Morgan fingerprint density at radius 3 is 3.00 bits per heavy atom. The lowest BCUT2D eigenvalue weighted by Crippen LogP contribution is -2.00. The molecule has 1 aliphatic heterocycles. The Bertz CT molecular complexity index is 858. The van der Waals surface area contributed by atoms with Crippen LogP contribution < -0.4 is 4.74 Å². The van der Waals surface area contributed by atoms with Crippen molar-refractivity contribution in [3.8, 4) is 17.0 Å². The van der Waals surface area contributed by atoms with Crippen LogP contribution >= 0.6 is 0 Å². The van der Waals surface area contributed by atoms with E-state index in [1.165, 1.54) is 13.2 Å². The quantitative estimate of drug-likeness (QED) is 0.744. The molecule has 2 aromatic heterocycles. The van der Waals surface area contributed by atoms with Gasteiger partial charge in [-0.1, -0.05) is 0 Å². The van der Waals surface area contributed by atoms with E-state index in [1.54, 1.807) is 28.9 Å². The minimum Gasteiger partial charge on any atom is -0.497 e. The number of methoxy groups -OCH3 is 1. The zero-order valence-electron chi connectivity index (χ0n) is 12.6. The van der Waals surface area contributed by atoms with E-state index < -0.39 is 0 Å². The van der Waals surface area contributed by atoms with E-state index in [0.717, 1.165) is 12.8 Å². The summed E-state index contributed by atoms with van der Waals surface area (Å²) in [5, 5.41) is 4.47. The Morgan fingerprint density at radius 1 is 1.35 bits per heavy atom. The number of hydrogen-bond donors (Lipinski definition) is 0. The van der Waals surface area contributed by atoms with Crippen LogP contribution in [0.25, 0.3) is 17.0 Å². The van der Waals surface area contributed by atoms with Gasteiger partial charge in [-0.05, 0) is 31.0 Å². The molecule has 0 bridgehead atoms. The third-order valence-electron chi connectivity index (χ3n) is 3.93. The van der Waals surface area contributed by atoms with Gasteiger partial charge in [0.1, 0.15) is 17.7 Å². The number of nitrogens with zero attached hydrogens (tertiary/aromatic N) is 4.